The molecule has 122 valence electrons. The largest absolute Gasteiger partial charge is 0.300 e. The fourth-order valence-electron chi connectivity index (χ4n) is 2.42. The molecular weight excluding hydrogens is 316 g/mol. The fourth-order valence-corrected chi connectivity index (χ4v) is 3.27. The number of hydrogen-bond donors (Lipinski definition) is 1. The van der Waals surface area contributed by atoms with Crippen molar-refractivity contribution in [3.05, 3.63) is 70.1 Å². The van der Waals surface area contributed by atoms with Crippen molar-refractivity contribution in [2.24, 2.45) is 4.99 Å². The van der Waals surface area contributed by atoms with Crippen LogP contribution in [0.5, 0.6) is 0 Å². The van der Waals surface area contributed by atoms with Gasteiger partial charge in [-0.2, -0.15) is 0 Å². The van der Waals surface area contributed by atoms with Gasteiger partial charge in [-0.3, -0.25) is 4.79 Å². The number of nitrogens with zero attached hydrogens (tertiary/aromatic N) is 1. The average Bonchev–Trinajstić information content (AvgIpc) is 2.87. The van der Waals surface area contributed by atoms with Gasteiger partial charge in [-0.15, -0.1) is 0 Å². The highest BCUT2D eigenvalue weighted by Crippen LogP contribution is 2.28. The number of thioether (sulfide) groups is 1. The Labute approximate surface area is 146 Å². The van der Waals surface area contributed by atoms with Crippen LogP contribution in [0.25, 0.3) is 6.08 Å². The van der Waals surface area contributed by atoms with Crippen molar-refractivity contribution < 1.29 is 4.79 Å². The van der Waals surface area contributed by atoms with Crippen LogP contribution in [-0.2, 0) is 4.79 Å². The molecule has 1 N–H and O–H groups in total. The van der Waals surface area contributed by atoms with Crippen LogP contribution < -0.4 is 5.32 Å². The molecule has 4 heteroatoms. The van der Waals surface area contributed by atoms with E-state index in [1.165, 1.54) is 17.3 Å². The van der Waals surface area contributed by atoms with Gasteiger partial charge < -0.3 is 5.32 Å². The van der Waals surface area contributed by atoms with Gasteiger partial charge in [0.25, 0.3) is 5.91 Å². The minimum Gasteiger partial charge on any atom is -0.300 e. The Kier molecular flexibility index (Phi) is 4.86. The highest BCUT2D eigenvalue weighted by Gasteiger charge is 2.23. The van der Waals surface area contributed by atoms with E-state index in [-0.39, 0.29) is 5.91 Å². The van der Waals surface area contributed by atoms with Crippen molar-refractivity contribution in [2.75, 3.05) is 0 Å². The molecule has 2 aromatic carbocycles. The van der Waals surface area contributed by atoms with E-state index < -0.39 is 0 Å². The molecule has 1 saturated heterocycles. The first kappa shape index (κ1) is 16.5. The fraction of sp³-hybridized carbons (Fsp3) is 0.200. The quantitative estimate of drug-likeness (QED) is 0.801. The molecule has 3 nitrogen and oxygen atoms in total. The summed E-state index contributed by atoms with van der Waals surface area (Å²) >= 11 is 1.38. The van der Waals surface area contributed by atoms with Gasteiger partial charge in [-0.25, -0.2) is 4.99 Å². The number of carbonyl (C=O) groups is 1. The Hall–Kier alpha value is -2.33. The molecule has 0 aliphatic carbocycles. The summed E-state index contributed by atoms with van der Waals surface area (Å²) in [6, 6.07) is 16.2. The van der Waals surface area contributed by atoms with Gasteiger partial charge in [0.2, 0.25) is 0 Å². The summed E-state index contributed by atoms with van der Waals surface area (Å²) in [5.74, 6) is 0.406. The Bertz CT molecular complexity index is 820. The first-order valence-electron chi connectivity index (χ1n) is 7.97. The van der Waals surface area contributed by atoms with E-state index in [1.54, 1.807) is 0 Å². The van der Waals surface area contributed by atoms with E-state index in [9.17, 15) is 4.79 Å². The predicted octanol–water partition coefficient (Wildman–Crippen LogP) is 5.01. The van der Waals surface area contributed by atoms with Crippen molar-refractivity contribution in [3.8, 4) is 0 Å². The first-order chi connectivity index (χ1) is 11.5. The van der Waals surface area contributed by atoms with Crippen LogP contribution in [0.3, 0.4) is 0 Å². The van der Waals surface area contributed by atoms with E-state index in [4.69, 9.17) is 0 Å². The van der Waals surface area contributed by atoms with Crippen molar-refractivity contribution >= 4 is 34.6 Å². The standard InChI is InChI=1S/C20H20N2OS/c1-13(2)16-9-7-15(8-10-16)12-18-19(23)22-20(24-18)21-17-6-4-5-14(3)11-17/h4-13H,1-3H3,(H,21,22,23)/b18-12+. The third-order valence-electron chi connectivity index (χ3n) is 3.78. The predicted molar refractivity (Wildman–Crippen MR) is 103 cm³/mol. The second kappa shape index (κ2) is 7.05. The van der Waals surface area contributed by atoms with Crippen LogP contribution in [0.2, 0.25) is 0 Å². The minimum atomic E-state index is -0.0978. The van der Waals surface area contributed by atoms with Crippen molar-refractivity contribution in [1.29, 1.82) is 0 Å². The normalized spacial score (nSPS) is 17.8. The summed E-state index contributed by atoms with van der Waals surface area (Å²) in [6.07, 6.45) is 1.91. The van der Waals surface area contributed by atoms with Crippen LogP contribution in [0.15, 0.2) is 58.4 Å². The second-order valence-corrected chi connectivity index (χ2v) is 7.17. The van der Waals surface area contributed by atoms with E-state index in [2.05, 4.69) is 36.3 Å². The zero-order valence-corrected chi connectivity index (χ0v) is 14.9. The molecule has 0 aromatic heterocycles. The summed E-state index contributed by atoms with van der Waals surface area (Å²) in [4.78, 5) is 17.3. The highest BCUT2D eigenvalue weighted by atomic mass is 32.2. The molecule has 3 rings (SSSR count). The molecular formula is C20H20N2OS. The summed E-state index contributed by atoms with van der Waals surface area (Å²) in [5, 5.41) is 3.45. The van der Waals surface area contributed by atoms with Gasteiger partial charge in [-0.05, 0) is 59.5 Å². The molecule has 1 heterocycles. The molecule has 1 amide bonds. The van der Waals surface area contributed by atoms with Crippen molar-refractivity contribution in [1.82, 2.24) is 5.32 Å². The molecule has 0 atom stereocenters. The summed E-state index contributed by atoms with van der Waals surface area (Å²) in [5.41, 5.74) is 4.31. The van der Waals surface area contributed by atoms with Gasteiger partial charge in [0, 0.05) is 0 Å². The molecule has 24 heavy (non-hydrogen) atoms. The molecule has 0 radical (unpaired) electrons. The molecule has 0 spiro atoms. The lowest BCUT2D eigenvalue weighted by Crippen LogP contribution is -2.19. The zero-order chi connectivity index (χ0) is 17.1. The molecule has 1 aliphatic heterocycles. The van der Waals surface area contributed by atoms with Crippen LogP contribution >= 0.6 is 11.8 Å². The molecule has 1 fully saturated rings. The van der Waals surface area contributed by atoms with Crippen molar-refractivity contribution in [2.45, 2.75) is 26.7 Å². The van der Waals surface area contributed by atoms with Crippen LogP contribution in [0, 0.1) is 6.92 Å². The summed E-state index contributed by atoms with van der Waals surface area (Å²) < 4.78 is 0. The van der Waals surface area contributed by atoms with E-state index >= 15 is 0 Å². The van der Waals surface area contributed by atoms with Gasteiger partial charge in [0.05, 0.1) is 10.6 Å². The summed E-state index contributed by atoms with van der Waals surface area (Å²) in [6.45, 7) is 6.36. The third-order valence-corrected chi connectivity index (χ3v) is 4.69. The average molecular weight is 336 g/mol. The Morgan fingerprint density at radius 3 is 2.54 bits per heavy atom. The topological polar surface area (TPSA) is 41.5 Å². The van der Waals surface area contributed by atoms with Gasteiger partial charge in [-0.1, -0.05) is 50.2 Å². The lowest BCUT2D eigenvalue weighted by molar-refractivity contribution is -0.115. The van der Waals surface area contributed by atoms with Gasteiger partial charge in [0.1, 0.15) is 0 Å². The second-order valence-electron chi connectivity index (χ2n) is 6.14. The third kappa shape index (κ3) is 3.95. The van der Waals surface area contributed by atoms with Gasteiger partial charge in [0.15, 0.2) is 5.17 Å². The Balaban J connectivity index is 1.79. The highest BCUT2D eigenvalue weighted by molar-refractivity contribution is 8.18. The molecule has 2 aromatic rings. The molecule has 0 saturated carbocycles. The number of hydrogen-bond acceptors (Lipinski definition) is 3. The Morgan fingerprint density at radius 2 is 1.88 bits per heavy atom. The van der Waals surface area contributed by atoms with Gasteiger partial charge >= 0.3 is 0 Å². The minimum absolute atomic E-state index is 0.0978. The number of benzene rings is 2. The van der Waals surface area contributed by atoms with Crippen LogP contribution in [-0.4, -0.2) is 11.1 Å². The molecule has 1 aliphatic rings. The zero-order valence-electron chi connectivity index (χ0n) is 14.0. The Morgan fingerprint density at radius 1 is 1.12 bits per heavy atom. The number of amidine groups is 1. The SMILES string of the molecule is Cc1cccc(N=C2NC(=O)/C(=C\c3ccc(C(C)C)cc3)S2)c1. The number of carbonyl (C=O) groups excluding carboxylic acids is 1. The number of amides is 1. The molecule has 0 bridgehead atoms. The monoisotopic (exact) mass is 336 g/mol. The van der Waals surface area contributed by atoms with E-state index in [1.807, 2.05) is 49.4 Å². The number of rotatable bonds is 3. The van der Waals surface area contributed by atoms with Crippen LogP contribution in [0.1, 0.15) is 36.5 Å². The lowest BCUT2D eigenvalue weighted by atomic mass is 10.0. The van der Waals surface area contributed by atoms with Crippen LogP contribution in [0.4, 0.5) is 5.69 Å². The maximum Gasteiger partial charge on any atom is 0.264 e. The lowest BCUT2D eigenvalue weighted by Gasteiger charge is -2.04. The summed E-state index contributed by atoms with van der Waals surface area (Å²) in [7, 11) is 0. The smallest absolute Gasteiger partial charge is 0.264 e. The molecule has 0 unspecified atom stereocenters. The first-order valence-corrected chi connectivity index (χ1v) is 8.79. The van der Waals surface area contributed by atoms with E-state index in [0.717, 1.165) is 16.8 Å². The number of aliphatic imine (C=N–C) groups is 1. The number of nitrogens with one attached hydrogen (secondary N) is 1. The van der Waals surface area contributed by atoms with Crippen molar-refractivity contribution in [3.63, 3.8) is 0 Å². The number of aryl methyl sites for hydroxylation is 1. The van der Waals surface area contributed by atoms with E-state index in [0.29, 0.717) is 16.0 Å². The maximum atomic E-state index is 12.1. The maximum absolute atomic E-state index is 12.1.